The first-order valence-corrected chi connectivity index (χ1v) is 7.33. The Morgan fingerprint density at radius 2 is 2.00 bits per heavy atom. The summed E-state index contributed by atoms with van der Waals surface area (Å²) in [6, 6.07) is 7.90. The monoisotopic (exact) mass is 288 g/mol. The van der Waals surface area contributed by atoms with Crippen molar-refractivity contribution in [3.8, 4) is 0 Å². The molecule has 0 fully saturated rings. The molecule has 0 aromatic carbocycles. The van der Waals surface area contributed by atoms with Crippen LogP contribution in [0.5, 0.6) is 0 Å². The van der Waals surface area contributed by atoms with Crippen LogP contribution in [-0.2, 0) is 13.1 Å². The predicted molar refractivity (Wildman–Crippen MR) is 84.1 cm³/mol. The van der Waals surface area contributed by atoms with E-state index in [2.05, 4.69) is 48.1 Å². The molecule has 2 aromatic heterocycles. The largest absolute Gasteiger partial charge is 0.467 e. The summed E-state index contributed by atoms with van der Waals surface area (Å²) >= 11 is 0. The van der Waals surface area contributed by atoms with Crippen LogP contribution < -0.4 is 10.2 Å². The van der Waals surface area contributed by atoms with E-state index in [-0.39, 0.29) is 5.54 Å². The fourth-order valence-corrected chi connectivity index (χ4v) is 1.92. The standard InChI is InChI=1S/C16H24N4O/c1-5-20(12-14-7-6-10-21-14)15-9-8-13(18-19-15)11-17-16(2,3)4/h6-10,17H,5,11-12H2,1-4H3. The van der Waals surface area contributed by atoms with Crippen molar-refractivity contribution in [2.75, 3.05) is 11.4 Å². The van der Waals surface area contributed by atoms with Crippen LogP contribution in [0.25, 0.3) is 0 Å². The van der Waals surface area contributed by atoms with Crippen molar-refractivity contribution in [1.82, 2.24) is 15.5 Å². The Labute approximate surface area is 126 Å². The van der Waals surface area contributed by atoms with Crippen LogP contribution in [0.1, 0.15) is 39.1 Å². The van der Waals surface area contributed by atoms with Crippen LogP contribution in [-0.4, -0.2) is 22.3 Å². The SMILES string of the molecule is CCN(Cc1ccco1)c1ccc(CNC(C)(C)C)nn1. The van der Waals surface area contributed by atoms with E-state index in [0.29, 0.717) is 6.54 Å². The van der Waals surface area contributed by atoms with Gasteiger partial charge in [-0.25, -0.2) is 0 Å². The molecule has 0 aliphatic carbocycles. The quantitative estimate of drug-likeness (QED) is 0.885. The van der Waals surface area contributed by atoms with E-state index in [1.807, 2.05) is 24.3 Å². The zero-order valence-electron chi connectivity index (χ0n) is 13.3. The van der Waals surface area contributed by atoms with Gasteiger partial charge in [-0.3, -0.25) is 0 Å². The van der Waals surface area contributed by atoms with Gasteiger partial charge < -0.3 is 14.6 Å². The summed E-state index contributed by atoms with van der Waals surface area (Å²) in [7, 11) is 0. The van der Waals surface area contributed by atoms with Gasteiger partial charge in [0.05, 0.1) is 18.5 Å². The Hall–Kier alpha value is -1.88. The summed E-state index contributed by atoms with van der Waals surface area (Å²) in [5.41, 5.74) is 1.03. The molecule has 0 saturated heterocycles. The Bertz CT molecular complexity index is 528. The number of rotatable bonds is 6. The summed E-state index contributed by atoms with van der Waals surface area (Å²) in [4.78, 5) is 2.13. The molecule has 0 atom stereocenters. The second kappa shape index (κ2) is 6.72. The highest BCUT2D eigenvalue weighted by Gasteiger charge is 2.11. The lowest BCUT2D eigenvalue weighted by atomic mass is 10.1. The van der Waals surface area contributed by atoms with Crippen LogP contribution >= 0.6 is 0 Å². The zero-order chi connectivity index (χ0) is 15.3. The molecule has 0 amide bonds. The molecule has 5 nitrogen and oxygen atoms in total. The zero-order valence-corrected chi connectivity index (χ0v) is 13.3. The predicted octanol–water partition coefficient (Wildman–Crippen LogP) is 2.98. The van der Waals surface area contributed by atoms with Crippen molar-refractivity contribution >= 4 is 5.82 Å². The van der Waals surface area contributed by atoms with Gasteiger partial charge in [-0.1, -0.05) is 0 Å². The van der Waals surface area contributed by atoms with Crippen LogP contribution in [0.4, 0.5) is 5.82 Å². The van der Waals surface area contributed by atoms with Gasteiger partial charge in [-0.2, -0.15) is 5.10 Å². The molecule has 114 valence electrons. The molecule has 0 saturated carbocycles. The lowest BCUT2D eigenvalue weighted by molar-refractivity contribution is 0.420. The van der Waals surface area contributed by atoms with Gasteiger partial charge >= 0.3 is 0 Å². The van der Waals surface area contributed by atoms with Crippen molar-refractivity contribution in [1.29, 1.82) is 0 Å². The number of anilines is 1. The maximum atomic E-state index is 5.39. The van der Waals surface area contributed by atoms with Gasteiger partial charge in [0, 0.05) is 18.6 Å². The van der Waals surface area contributed by atoms with E-state index in [1.54, 1.807) is 6.26 Å². The third-order valence-electron chi connectivity index (χ3n) is 3.14. The van der Waals surface area contributed by atoms with Gasteiger partial charge in [0.2, 0.25) is 0 Å². The number of hydrogen-bond acceptors (Lipinski definition) is 5. The van der Waals surface area contributed by atoms with Gasteiger partial charge in [-0.15, -0.1) is 5.10 Å². The smallest absolute Gasteiger partial charge is 0.151 e. The Morgan fingerprint density at radius 1 is 1.19 bits per heavy atom. The highest BCUT2D eigenvalue weighted by atomic mass is 16.3. The number of nitrogens with one attached hydrogen (secondary N) is 1. The van der Waals surface area contributed by atoms with Crippen LogP contribution in [0, 0.1) is 0 Å². The first kappa shape index (κ1) is 15.5. The second-order valence-electron chi connectivity index (χ2n) is 6.08. The second-order valence-corrected chi connectivity index (χ2v) is 6.08. The molecule has 2 aromatic rings. The Kier molecular flexibility index (Phi) is 4.96. The number of hydrogen-bond donors (Lipinski definition) is 1. The fourth-order valence-electron chi connectivity index (χ4n) is 1.92. The lowest BCUT2D eigenvalue weighted by Gasteiger charge is -2.21. The van der Waals surface area contributed by atoms with Crippen molar-refractivity contribution < 1.29 is 4.42 Å². The average Bonchev–Trinajstić information content (AvgIpc) is 2.95. The van der Waals surface area contributed by atoms with Crippen molar-refractivity contribution in [3.63, 3.8) is 0 Å². The Morgan fingerprint density at radius 3 is 2.52 bits per heavy atom. The highest BCUT2D eigenvalue weighted by molar-refractivity contribution is 5.37. The van der Waals surface area contributed by atoms with E-state index in [0.717, 1.165) is 30.4 Å². The molecule has 0 unspecified atom stereocenters. The summed E-state index contributed by atoms with van der Waals surface area (Å²) in [5.74, 6) is 1.80. The third-order valence-corrected chi connectivity index (χ3v) is 3.14. The maximum absolute atomic E-state index is 5.39. The average molecular weight is 288 g/mol. The molecule has 21 heavy (non-hydrogen) atoms. The van der Waals surface area contributed by atoms with Crippen LogP contribution in [0.2, 0.25) is 0 Å². The first-order valence-electron chi connectivity index (χ1n) is 7.33. The highest BCUT2D eigenvalue weighted by Crippen LogP contribution is 2.14. The molecular weight excluding hydrogens is 264 g/mol. The molecule has 0 aliphatic rings. The molecule has 2 rings (SSSR count). The van der Waals surface area contributed by atoms with Gasteiger partial charge in [-0.05, 0) is 52.0 Å². The number of furan rings is 1. The summed E-state index contributed by atoms with van der Waals surface area (Å²) in [6.07, 6.45) is 1.69. The maximum Gasteiger partial charge on any atom is 0.151 e. The van der Waals surface area contributed by atoms with Gasteiger partial charge in [0.1, 0.15) is 5.76 Å². The summed E-state index contributed by atoms with van der Waals surface area (Å²) < 4.78 is 5.39. The van der Waals surface area contributed by atoms with Gasteiger partial charge in [0.25, 0.3) is 0 Å². The molecule has 1 N–H and O–H groups in total. The molecular formula is C16H24N4O. The number of aromatic nitrogens is 2. The number of nitrogens with zero attached hydrogens (tertiary/aromatic N) is 3. The van der Waals surface area contributed by atoms with Crippen LogP contribution in [0.15, 0.2) is 34.9 Å². The van der Waals surface area contributed by atoms with Crippen LogP contribution in [0.3, 0.4) is 0 Å². The van der Waals surface area contributed by atoms with E-state index >= 15 is 0 Å². The van der Waals surface area contributed by atoms with Gasteiger partial charge in [0.15, 0.2) is 5.82 Å². The lowest BCUT2D eigenvalue weighted by Crippen LogP contribution is -2.35. The van der Waals surface area contributed by atoms with Crippen molar-refractivity contribution in [3.05, 3.63) is 42.0 Å². The van der Waals surface area contributed by atoms with E-state index < -0.39 is 0 Å². The Balaban J connectivity index is 1.99. The fraction of sp³-hybridized carbons (Fsp3) is 0.500. The van der Waals surface area contributed by atoms with E-state index in [9.17, 15) is 0 Å². The van der Waals surface area contributed by atoms with Crippen molar-refractivity contribution in [2.24, 2.45) is 0 Å². The third kappa shape index (κ3) is 4.86. The minimum atomic E-state index is 0.0785. The first-order chi connectivity index (χ1) is 9.98. The minimum Gasteiger partial charge on any atom is -0.467 e. The molecule has 0 spiro atoms. The minimum absolute atomic E-state index is 0.0785. The molecule has 2 heterocycles. The van der Waals surface area contributed by atoms with E-state index in [4.69, 9.17) is 4.42 Å². The topological polar surface area (TPSA) is 54.2 Å². The van der Waals surface area contributed by atoms with Crippen molar-refractivity contribution in [2.45, 2.75) is 46.3 Å². The van der Waals surface area contributed by atoms with E-state index in [1.165, 1.54) is 0 Å². The normalized spacial score (nSPS) is 11.6. The molecule has 0 radical (unpaired) electrons. The summed E-state index contributed by atoms with van der Waals surface area (Å²) in [5, 5.41) is 12.0. The molecule has 0 bridgehead atoms. The molecule has 5 heteroatoms. The summed E-state index contributed by atoms with van der Waals surface area (Å²) in [6.45, 7) is 10.8. The molecule has 0 aliphatic heterocycles.